The summed E-state index contributed by atoms with van der Waals surface area (Å²) in [7, 11) is -3.71. The topological polar surface area (TPSA) is 128 Å². The van der Waals surface area contributed by atoms with Crippen LogP contribution in [-0.4, -0.2) is 44.6 Å². The van der Waals surface area contributed by atoms with Gasteiger partial charge in [-0.05, 0) is 55.2 Å². The van der Waals surface area contributed by atoms with E-state index in [0.717, 1.165) is 19.1 Å². The predicted molar refractivity (Wildman–Crippen MR) is 111 cm³/mol. The summed E-state index contributed by atoms with van der Waals surface area (Å²) in [5.41, 5.74) is 5.87. The highest BCUT2D eigenvalue weighted by atomic mass is 32.2. The lowest BCUT2D eigenvalue weighted by molar-refractivity contribution is 0.387. The summed E-state index contributed by atoms with van der Waals surface area (Å²) >= 11 is 0. The number of hydrogen-bond donors (Lipinski definition) is 2. The van der Waals surface area contributed by atoms with Crippen LogP contribution in [0.2, 0.25) is 0 Å². The van der Waals surface area contributed by atoms with Gasteiger partial charge in [-0.3, -0.25) is 4.57 Å². The van der Waals surface area contributed by atoms with Crippen LogP contribution in [0.3, 0.4) is 0 Å². The number of aromatic amines is 1. The van der Waals surface area contributed by atoms with E-state index >= 15 is 0 Å². The lowest BCUT2D eigenvalue weighted by atomic mass is 10.1. The van der Waals surface area contributed by atoms with E-state index in [2.05, 4.69) is 25.9 Å². The third-order valence-corrected chi connectivity index (χ3v) is 5.31. The van der Waals surface area contributed by atoms with Crippen LogP contribution in [0, 0.1) is 11.7 Å². The Kier molecular flexibility index (Phi) is 4.67. The van der Waals surface area contributed by atoms with Gasteiger partial charge >= 0.3 is 0 Å². The van der Waals surface area contributed by atoms with Gasteiger partial charge in [0.05, 0.1) is 11.9 Å². The molecule has 1 aromatic carbocycles. The SMILES string of the molecule is CS(=O)(=O)ONc1nc2ccc(-c3n[nH]nc3-c3ccc(F)cc3)nc2n1CC1CC1. The van der Waals surface area contributed by atoms with Gasteiger partial charge in [0.1, 0.15) is 22.7 Å². The first-order chi connectivity index (χ1) is 14.9. The fourth-order valence-electron chi connectivity index (χ4n) is 3.27. The maximum absolute atomic E-state index is 13.3. The number of imidazole rings is 1. The third-order valence-electron chi connectivity index (χ3n) is 4.92. The summed E-state index contributed by atoms with van der Waals surface area (Å²) in [4.78, 5) is 9.15. The Labute approximate surface area is 176 Å². The molecule has 1 aliphatic rings. The molecular weight excluding hydrogens is 425 g/mol. The highest BCUT2D eigenvalue weighted by Gasteiger charge is 2.26. The minimum Gasteiger partial charge on any atom is -0.293 e. The number of anilines is 1. The molecule has 1 saturated carbocycles. The van der Waals surface area contributed by atoms with Crippen molar-refractivity contribution in [2.24, 2.45) is 5.92 Å². The van der Waals surface area contributed by atoms with E-state index in [9.17, 15) is 12.8 Å². The average Bonchev–Trinajstić information content (AvgIpc) is 3.30. The maximum Gasteiger partial charge on any atom is 0.285 e. The molecule has 3 aromatic heterocycles. The van der Waals surface area contributed by atoms with Gasteiger partial charge in [-0.2, -0.15) is 23.8 Å². The summed E-state index contributed by atoms with van der Waals surface area (Å²) in [5.74, 6) is 0.396. The Morgan fingerprint density at radius 2 is 1.87 bits per heavy atom. The van der Waals surface area contributed by atoms with Crippen LogP contribution in [0.1, 0.15) is 12.8 Å². The van der Waals surface area contributed by atoms with Crippen LogP contribution < -0.4 is 5.48 Å². The van der Waals surface area contributed by atoms with Crippen molar-refractivity contribution in [3.05, 3.63) is 42.2 Å². The monoisotopic (exact) mass is 443 g/mol. The molecule has 12 heteroatoms. The molecule has 0 unspecified atom stereocenters. The molecule has 0 spiro atoms. The van der Waals surface area contributed by atoms with Crippen LogP contribution >= 0.6 is 0 Å². The van der Waals surface area contributed by atoms with Gasteiger partial charge < -0.3 is 0 Å². The number of H-pyrrole nitrogens is 1. The zero-order valence-electron chi connectivity index (χ0n) is 16.4. The molecule has 3 heterocycles. The van der Waals surface area contributed by atoms with Crippen LogP contribution in [0.5, 0.6) is 0 Å². The first-order valence-electron chi connectivity index (χ1n) is 9.56. The second kappa shape index (κ2) is 7.39. The first kappa shape index (κ1) is 19.6. The van der Waals surface area contributed by atoms with Crippen molar-refractivity contribution in [3.8, 4) is 22.6 Å². The Bertz CT molecular complexity index is 1360. The van der Waals surface area contributed by atoms with Gasteiger partial charge in [-0.25, -0.2) is 19.8 Å². The Morgan fingerprint density at radius 1 is 1.13 bits per heavy atom. The predicted octanol–water partition coefficient (Wildman–Crippen LogP) is 2.74. The normalized spacial score (nSPS) is 14.3. The van der Waals surface area contributed by atoms with Crippen molar-refractivity contribution in [2.45, 2.75) is 19.4 Å². The summed E-state index contributed by atoms with van der Waals surface area (Å²) in [6.45, 7) is 0.631. The Balaban J connectivity index is 1.57. The van der Waals surface area contributed by atoms with Crippen molar-refractivity contribution >= 4 is 27.2 Å². The maximum atomic E-state index is 13.3. The molecule has 0 atom stereocenters. The molecule has 0 amide bonds. The van der Waals surface area contributed by atoms with Gasteiger partial charge in [0.2, 0.25) is 5.95 Å². The van der Waals surface area contributed by atoms with E-state index in [0.29, 0.717) is 46.3 Å². The van der Waals surface area contributed by atoms with E-state index in [-0.39, 0.29) is 11.8 Å². The quantitative estimate of drug-likeness (QED) is 0.417. The van der Waals surface area contributed by atoms with Crippen LogP contribution in [0.15, 0.2) is 36.4 Å². The zero-order chi connectivity index (χ0) is 21.6. The van der Waals surface area contributed by atoms with Gasteiger partial charge in [0.25, 0.3) is 10.1 Å². The molecule has 2 N–H and O–H groups in total. The van der Waals surface area contributed by atoms with Gasteiger partial charge in [0.15, 0.2) is 5.65 Å². The lowest BCUT2D eigenvalue weighted by Gasteiger charge is -2.09. The molecule has 5 rings (SSSR count). The second-order valence-corrected chi connectivity index (χ2v) is 9.02. The third kappa shape index (κ3) is 4.11. The lowest BCUT2D eigenvalue weighted by Crippen LogP contribution is -2.14. The van der Waals surface area contributed by atoms with Crippen LogP contribution in [0.4, 0.5) is 10.3 Å². The van der Waals surface area contributed by atoms with Crippen LogP contribution in [0.25, 0.3) is 33.8 Å². The summed E-state index contributed by atoms with van der Waals surface area (Å²) in [5, 5.41) is 11.0. The van der Waals surface area contributed by atoms with Gasteiger partial charge in [0, 0.05) is 12.1 Å². The number of hydrogen-bond acceptors (Lipinski definition) is 8. The van der Waals surface area contributed by atoms with E-state index in [1.165, 1.54) is 12.1 Å². The zero-order valence-corrected chi connectivity index (χ0v) is 17.2. The number of nitrogens with zero attached hydrogens (tertiary/aromatic N) is 5. The molecule has 0 radical (unpaired) electrons. The number of benzene rings is 1. The molecule has 1 fully saturated rings. The fourth-order valence-corrected chi connectivity index (χ4v) is 3.50. The Morgan fingerprint density at radius 3 is 2.58 bits per heavy atom. The second-order valence-electron chi connectivity index (χ2n) is 7.45. The average molecular weight is 443 g/mol. The molecule has 0 saturated heterocycles. The van der Waals surface area contributed by atoms with E-state index in [4.69, 9.17) is 9.27 Å². The van der Waals surface area contributed by atoms with E-state index in [1.807, 2.05) is 0 Å². The van der Waals surface area contributed by atoms with E-state index < -0.39 is 10.1 Å². The van der Waals surface area contributed by atoms with E-state index in [1.54, 1.807) is 28.8 Å². The van der Waals surface area contributed by atoms with Crippen molar-refractivity contribution in [1.29, 1.82) is 0 Å². The van der Waals surface area contributed by atoms with Crippen molar-refractivity contribution < 1.29 is 17.1 Å². The number of aromatic nitrogens is 6. The van der Waals surface area contributed by atoms with Gasteiger partial charge in [-0.1, -0.05) is 0 Å². The summed E-state index contributed by atoms with van der Waals surface area (Å²) in [6.07, 6.45) is 3.12. The molecule has 160 valence electrons. The highest BCUT2D eigenvalue weighted by Crippen LogP contribution is 2.34. The number of fused-ring (bicyclic) bond motifs is 1. The first-order valence-corrected chi connectivity index (χ1v) is 11.4. The smallest absolute Gasteiger partial charge is 0.285 e. The molecule has 1 aliphatic carbocycles. The minimum atomic E-state index is -3.71. The minimum absolute atomic E-state index is 0.260. The summed E-state index contributed by atoms with van der Waals surface area (Å²) in [6, 6.07) is 9.48. The van der Waals surface area contributed by atoms with Crippen molar-refractivity contribution in [2.75, 3.05) is 11.7 Å². The Hall–Kier alpha value is -3.38. The number of rotatable bonds is 7. The summed E-state index contributed by atoms with van der Waals surface area (Å²) < 4.78 is 42.6. The molecule has 31 heavy (non-hydrogen) atoms. The molecular formula is C19H18FN7O3S. The molecule has 10 nitrogen and oxygen atoms in total. The van der Waals surface area contributed by atoms with Crippen molar-refractivity contribution in [1.82, 2.24) is 29.9 Å². The molecule has 4 aromatic rings. The number of nitrogens with one attached hydrogen (secondary N) is 2. The fraction of sp³-hybridized carbons (Fsp3) is 0.263. The largest absolute Gasteiger partial charge is 0.293 e. The number of halogens is 1. The molecule has 0 aliphatic heterocycles. The van der Waals surface area contributed by atoms with Crippen LogP contribution in [-0.2, 0) is 20.9 Å². The van der Waals surface area contributed by atoms with Gasteiger partial charge in [-0.15, -0.1) is 4.28 Å². The highest BCUT2D eigenvalue weighted by molar-refractivity contribution is 7.86. The number of pyridine rings is 1. The molecule has 0 bridgehead atoms. The van der Waals surface area contributed by atoms with Crippen molar-refractivity contribution in [3.63, 3.8) is 0 Å². The standard InChI is InChI=1S/C19H18FN7O3S/c1-31(28,29)30-25-19-22-15-9-8-14(21-18(15)27(19)10-11-2-3-11)17-16(23-26-24-17)12-4-6-13(20)7-5-12/h4-9,11H,2-3,10H2,1H3,(H,22,25)(H,23,24,26).